The van der Waals surface area contributed by atoms with Crippen LogP contribution in [0.25, 0.3) is 0 Å². The van der Waals surface area contributed by atoms with Gasteiger partial charge in [-0.15, -0.1) is 0 Å². The van der Waals surface area contributed by atoms with Crippen molar-refractivity contribution in [2.75, 3.05) is 0 Å². The molecule has 1 N–H and O–H groups in total. The lowest BCUT2D eigenvalue weighted by Crippen LogP contribution is -2.03. The third-order valence-electron chi connectivity index (χ3n) is 1.03. The van der Waals surface area contributed by atoms with Crippen LogP contribution < -0.4 is 5.44 Å². The SMILES string of the molecule is O=C(O)c1ccnc(P)c1. The van der Waals surface area contributed by atoms with Crippen molar-refractivity contribution >= 4 is 20.6 Å². The fourth-order valence-electron chi connectivity index (χ4n) is 0.581. The quantitative estimate of drug-likeness (QED) is 0.592. The molecular formula is C6H6NO2P. The molecule has 0 fully saturated rings. The van der Waals surface area contributed by atoms with Crippen LogP contribution in [0.4, 0.5) is 0 Å². The molecule has 0 saturated carbocycles. The summed E-state index contributed by atoms with van der Waals surface area (Å²) in [5.41, 5.74) is 0.903. The molecule has 1 rings (SSSR count). The highest BCUT2D eigenvalue weighted by molar-refractivity contribution is 7.26. The van der Waals surface area contributed by atoms with Gasteiger partial charge in [-0.3, -0.25) is 4.98 Å². The summed E-state index contributed by atoms with van der Waals surface area (Å²) in [6.45, 7) is 0. The van der Waals surface area contributed by atoms with Crippen molar-refractivity contribution in [2.45, 2.75) is 0 Å². The molecule has 0 bridgehead atoms. The van der Waals surface area contributed by atoms with Crippen LogP contribution in [0.3, 0.4) is 0 Å². The van der Waals surface area contributed by atoms with Crippen LogP contribution in [0.2, 0.25) is 0 Å². The zero-order chi connectivity index (χ0) is 7.56. The van der Waals surface area contributed by atoms with Crippen LogP contribution in [-0.2, 0) is 0 Å². The Morgan fingerprint density at radius 1 is 1.70 bits per heavy atom. The third-order valence-corrected chi connectivity index (χ3v) is 1.34. The van der Waals surface area contributed by atoms with Crippen LogP contribution in [0.15, 0.2) is 18.3 Å². The molecule has 0 amide bonds. The van der Waals surface area contributed by atoms with Crippen molar-refractivity contribution in [1.29, 1.82) is 0 Å². The maximum absolute atomic E-state index is 10.3. The third kappa shape index (κ3) is 1.52. The number of pyridine rings is 1. The number of aromatic carboxylic acids is 1. The van der Waals surface area contributed by atoms with E-state index in [9.17, 15) is 4.79 Å². The van der Waals surface area contributed by atoms with Crippen molar-refractivity contribution in [3.05, 3.63) is 23.9 Å². The zero-order valence-electron chi connectivity index (χ0n) is 5.11. The summed E-state index contributed by atoms with van der Waals surface area (Å²) in [4.78, 5) is 14.1. The van der Waals surface area contributed by atoms with Gasteiger partial charge in [-0.2, -0.15) is 0 Å². The van der Waals surface area contributed by atoms with Gasteiger partial charge in [-0.05, 0) is 12.1 Å². The van der Waals surface area contributed by atoms with Crippen LogP contribution in [-0.4, -0.2) is 16.1 Å². The molecule has 52 valence electrons. The lowest BCUT2D eigenvalue weighted by Gasteiger charge is -1.92. The zero-order valence-corrected chi connectivity index (χ0v) is 6.27. The summed E-state index contributed by atoms with van der Waals surface area (Å²) in [5.74, 6) is -0.925. The molecule has 0 spiro atoms. The van der Waals surface area contributed by atoms with Gasteiger partial charge in [0.05, 0.1) is 11.0 Å². The molecule has 1 aromatic rings. The van der Waals surface area contributed by atoms with Crippen LogP contribution in [0, 0.1) is 0 Å². The number of carbonyl (C=O) groups is 1. The van der Waals surface area contributed by atoms with Crippen LogP contribution in [0.5, 0.6) is 0 Å². The molecule has 1 unspecified atom stereocenters. The van der Waals surface area contributed by atoms with E-state index in [1.807, 2.05) is 0 Å². The van der Waals surface area contributed by atoms with E-state index in [0.717, 1.165) is 0 Å². The highest BCUT2D eigenvalue weighted by Gasteiger charge is 2.00. The van der Waals surface area contributed by atoms with Gasteiger partial charge in [0.25, 0.3) is 0 Å². The number of aromatic nitrogens is 1. The van der Waals surface area contributed by atoms with Gasteiger partial charge in [-0.25, -0.2) is 4.79 Å². The fourth-order valence-corrected chi connectivity index (χ4v) is 0.847. The van der Waals surface area contributed by atoms with Gasteiger partial charge in [0.15, 0.2) is 0 Å². The van der Waals surface area contributed by atoms with E-state index in [1.54, 1.807) is 0 Å². The summed E-state index contributed by atoms with van der Waals surface area (Å²) >= 11 is 0. The number of carboxylic acid groups (broad SMARTS) is 1. The van der Waals surface area contributed by atoms with Crippen molar-refractivity contribution in [3.63, 3.8) is 0 Å². The molecule has 0 aliphatic heterocycles. The lowest BCUT2D eigenvalue weighted by molar-refractivity contribution is 0.0697. The minimum atomic E-state index is -0.925. The fraction of sp³-hybridized carbons (Fsp3) is 0. The standard InChI is InChI=1S/C6H6NO2P/c8-6(9)4-1-2-7-5(10)3-4/h1-3H,10H2,(H,8,9). The van der Waals surface area contributed by atoms with Gasteiger partial charge in [-0.1, -0.05) is 9.24 Å². The van der Waals surface area contributed by atoms with Gasteiger partial charge in [0.1, 0.15) is 0 Å². The van der Waals surface area contributed by atoms with E-state index in [4.69, 9.17) is 5.11 Å². The first-order valence-corrected chi connectivity index (χ1v) is 3.22. The van der Waals surface area contributed by atoms with E-state index < -0.39 is 5.97 Å². The Labute approximate surface area is 60.3 Å². The summed E-state index contributed by atoms with van der Waals surface area (Å²) in [7, 11) is 2.33. The van der Waals surface area contributed by atoms with Crippen molar-refractivity contribution in [2.24, 2.45) is 0 Å². The largest absolute Gasteiger partial charge is 0.478 e. The molecule has 1 atom stereocenters. The molecule has 0 aliphatic carbocycles. The van der Waals surface area contributed by atoms with Gasteiger partial charge < -0.3 is 5.11 Å². The summed E-state index contributed by atoms with van der Waals surface area (Å²) < 4.78 is 0. The Balaban J connectivity index is 3.07. The van der Waals surface area contributed by atoms with Crippen molar-refractivity contribution in [3.8, 4) is 0 Å². The first-order valence-electron chi connectivity index (χ1n) is 2.65. The molecule has 1 aromatic heterocycles. The lowest BCUT2D eigenvalue weighted by atomic mass is 10.3. The molecule has 0 radical (unpaired) electrons. The summed E-state index contributed by atoms with van der Waals surface area (Å²) in [6.07, 6.45) is 1.46. The number of rotatable bonds is 1. The van der Waals surface area contributed by atoms with Gasteiger partial charge in [0, 0.05) is 6.20 Å². The van der Waals surface area contributed by atoms with E-state index in [-0.39, 0.29) is 5.56 Å². The monoisotopic (exact) mass is 155 g/mol. The number of nitrogens with zero attached hydrogens (tertiary/aromatic N) is 1. The van der Waals surface area contributed by atoms with E-state index in [0.29, 0.717) is 5.44 Å². The van der Waals surface area contributed by atoms with Crippen LogP contribution in [0.1, 0.15) is 10.4 Å². The van der Waals surface area contributed by atoms with Crippen LogP contribution >= 0.6 is 9.24 Å². The predicted octanol–water partition coefficient (Wildman–Crippen LogP) is 0.280. The molecule has 3 nitrogen and oxygen atoms in total. The number of hydrogen-bond donors (Lipinski definition) is 1. The minimum absolute atomic E-state index is 0.264. The molecule has 0 saturated heterocycles. The molecule has 4 heteroatoms. The van der Waals surface area contributed by atoms with Crippen molar-refractivity contribution < 1.29 is 9.90 Å². The minimum Gasteiger partial charge on any atom is -0.478 e. The summed E-state index contributed by atoms with van der Waals surface area (Å²) in [5, 5.41) is 8.47. The first kappa shape index (κ1) is 7.16. The van der Waals surface area contributed by atoms with Gasteiger partial charge >= 0.3 is 5.97 Å². The highest BCUT2D eigenvalue weighted by Crippen LogP contribution is 1.95. The second kappa shape index (κ2) is 2.76. The molecule has 1 heterocycles. The normalized spacial score (nSPS) is 9.30. The Morgan fingerprint density at radius 2 is 2.40 bits per heavy atom. The van der Waals surface area contributed by atoms with E-state index >= 15 is 0 Å². The highest BCUT2D eigenvalue weighted by atomic mass is 31.0. The van der Waals surface area contributed by atoms with Crippen molar-refractivity contribution in [1.82, 2.24) is 4.98 Å². The molecular weight excluding hydrogens is 149 g/mol. The number of hydrogen-bond acceptors (Lipinski definition) is 2. The first-order chi connectivity index (χ1) is 4.70. The van der Waals surface area contributed by atoms with Gasteiger partial charge in [0.2, 0.25) is 0 Å². The predicted molar refractivity (Wildman–Crippen MR) is 40.5 cm³/mol. The molecule has 0 aliphatic rings. The molecule has 0 aromatic carbocycles. The van der Waals surface area contributed by atoms with E-state index in [2.05, 4.69) is 14.2 Å². The maximum atomic E-state index is 10.3. The second-order valence-electron chi connectivity index (χ2n) is 1.77. The Hall–Kier alpha value is -0.950. The Bertz CT molecular complexity index is 262. The second-order valence-corrected chi connectivity index (χ2v) is 2.37. The average molecular weight is 155 g/mol. The Kier molecular flexibility index (Phi) is 1.97. The Morgan fingerprint density at radius 3 is 2.80 bits per heavy atom. The smallest absolute Gasteiger partial charge is 0.335 e. The molecule has 10 heavy (non-hydrogen) atoms. The van der Waals surface area contributed by atoms with E-state index in [1.165, 1.54) is 18.3 Å². The number of carboxylic acids is 1. The topological polar surface area (TPSA) is 50.2 Å². The maximum Gasteiger partial charge on any atom is 0.335 e. The summed E-state index contributed by atoms with van der Waals surface area (Å²) in [6, 6.07) is 2.95. The average Bonchev–Trinajstić information content (AvgIpc) is 1.88.